The number of thioether (sulfide) groups is 2. The first-order valence-electron chi connectivity index (χ1n) is 6.48. The molecule has 0 atom stereocenters. The summed E-state index contributed by atoms with van der Waals surface area (Å²) in [6.07, 6.45) is 3.16. The molecule has 0 aliphatic carbocycles. The number of rotatable bonds is 0. The molecule has 0 aromatic carbocycles. The third-order valence-corrected chi connectivity index (χ3v) is 4.66. The first-order valence-corrected chi connectivity index (χ1v) is 8.79. The van der Waals surface area contributed by atoms with Crippen LogP contribution in [0.5, 0.6) is 0 Å². The zero-order valence-corrected chi connectivity index (χ0v) is 12.3. The van der Waals surface area contributed by atoms with E-state index in [-0.39, 0.29) is 11.8 Å². The Morgan fingerprint density at radius 1 is 0.722 bits per heavy atom. The highest BCUT2D eigenvalue weighted by molar-refractivity contribution is 7.99. The Morgan fingerprint density at radius 3 is 1.67 bits per heavy atom. The minimum absolute atomic E-state index is 0.129. The van der Waals surface area contributed by atoms with E-state index < -0.39 is 0 Å². The number of nitrogens with one attached hydrogen (secondary N) is 2. The van der Waals surface area contributed by atoms with E-state index in [2.05, 4.69) is 10.6 Å². The van der Waals surface area contributed by atoms with Crippen LogP contribution in [-0.2, 0) is 9.59 Å². The Morgan fingerprint density at radius 2 is 1.17 bits per heavy atom. The highest BCUT2D eigenvalue weighted by Gasteiger charge is 2.04. The summed E-state index contributed by atoms with van der Waals surface area (Å²) >= 11 is 3.56. The average molecular weight is 290 g/mol. The minimum Gasteiger partial charge on any atom is -0.356 e. The van der Waals surface area contributed by atoms with Crippen molar-refractivity contribution >= 4 is 35.3 Å². The van der Waals surface area contributed by atoms with Crippen LogP contribution in [0, 0.1) is 0 Å². The van der Waals surface area contributed by atoms with Crippen molar-refractivity contribution in [2.24, 2.45) is 0 Å². The molecule has 0 bridgehead atoms. The van der Waals surface area contributed by atoms with Crippen molar-refractivity contribution in [3.05, 3.63) is 0 Å². The molecule has 2 N–H and O–H groups in total. The number of hydrogen-bond acceptors (Lipinski definition) is 4. The summed E-state index contributed by atoms with van der Waals surface area (Å²) < 4.78 is 0. The zero-order valence-electron chi connectivity index (χ0n) is 10.7. The van der Waals surface area contributed by atoms with E-state index >= 15 is 0 Å². The van der Waals surface area contributed by atoms with Crippen molar-refractivity contribution in [2.75, 3.05) is 36.1 Å². The van der Waals surface area contributed by atoms with Gasteiger partial charge in [-0.1, -0.05) is 0 Å². The van der Waals surface area contributed by atoms with Gasteiger partial charge in [0.2, 0.25) is 11.8 Å². The van der Waals surface area contributed by atoms with Crippen LogP contribution < -0.4 is 10.6 Å². The molecule has 0 spiro atoms. The molecule has 1 saturated heterocycles. The van der Waals surface area contributed by atoms with Crippen LogP contribution >= 0.6 is 23.5 Å². The van der Waals surface area contributed by atoms with Gasteiger partial charge < -0.3 is 10.6 Å². The second kappa shape index (κ2) is 10.6. The fourth-order valence-electron chi connectivity index (χ4n) is 1.51. The van der Waals surface area contributed by atoms with E-state index in [0.717, 1.165) is 48.9 Å². The fraction of sp³-hybridized carbons (Fsp3) is 0.833. The topological polar surface area (TPSA) is 58.2 Å². The highest BCUT2D eigenvalue weighted by Crippen LogP contribution is 2.06. The van der Waals surface area contributed by atoms with Gasteiger partial charge in [0, 0.05) is 37.4 Å². The third kappa shape index (κ3) is 8.69. The second-order valence-corrected chi connectivity index (χ2v) is 6.58. The lowest BCUT2D eigenvalue weighted by atomic mass is 10.4. The Kier molecular flexibility index (Phi) is 9.20. The normalized spacial score (nSPS) is 22.0. The summed E-state index contributed by atoms with van der Waals surface area (Å²) in [4.78, 5) is 22.9. The molecule has 0 radical (unpaired) electrons. The van der Waals surface area contributed by atoms with Gasteiger partial charge in [-0.25, -0.2) is 0 Å². The van der Waals surface area contributed by atoms with Crippen LogP contribution in [0.4, 0.5) is 0 Å². The lowest BCUT2D eigenvalue weighted by Crippen LogP contribution is -2.26. The molecule has 1 aliphatic rings. The Hall–Kier alpha value is -0.360. The molecule has 6 heteroatoms. The highest BCUT2D eigenvalue weighted by atomic mass is 32.2. The van der Waals surface area contributed by atoms with Crippen LogP contribution in [0.2, 0.25) is 0 Å². The van der Waals surface area contributed by atoms with Crippen molar-refractivity contribution in [3.8, 4) is 0 Å². The lowest BCUT2D eigenvalue weighted by molar-refractivity contribution is -0.121. The lowest BCUT2D eigenvalue weighted by Gasteiger charge is -2.08. The number of carbonyl (C=O) groups excluding carboxylic acids is 2. The van der Waals surface area contributed by atoms with E-state index in [4.69, 9.17) is 0 Å². The molecule has 1 aliphatic heterocycles. The van der Waals surface area contributed by atoms with Gasteiger partial charge in [-0.05, 0) is 24.3 Å². The first kappa shape index (κ1) is 15.7. The summed E-state index contributed by atoms with van der Waals surface area (Å²) in [6.45, 7) is 1.57. The summed E-state index contributed by atoms with van der Waals surface area (Å²) in [5, 5.41) is 5.86. The maximum absolute atomic E-state index is 11.4. The number of amides is 2. The monoisotopic (exact) mass is 290 g/mol. The smallest absolute Gasteiger partial charge is 0.220 e. The minimum atomic E-state index is 0.129. The Labute approximate surface area is 117 Å². The van der Waals surface area contributed by atoms with Crippen molar-refractivity contribution in [3.63, 3.8) is 0 Å². The van der Waals surface area contributed by atoms with Crippen molar-refractivity contribution < 1.29 is 9.59 Å². The molecule has 4 nitrogen and oxygen atoms in total. The second-order valence-electron chi connectivity index (χ2n) is 4.13. The van der Waals surface area contributed by atoms with E-state index in [0.29, 0.717) is 12.8 Å². The Balaban J connectivity index is 2.21. The molecule has 1 rings (SSSR count). The van der Waals surface area contributed by atoms with Gasteiger partial charge in [-0.3, -0.25) is 9.59 Å². The summed E-state index contributed by atoms with van der Waals surface area (Å²) in [5.41, 5.74) is 0. The van der Waals surface area contributed by atoms with Crippen LogP contribution in [-0.4, -0.2) is 47.9 Å². The molecular formula is C12H22N2O2S2. The maximum Gasteiger partial charge on any atom is 0.220 e. The summed E-state index contributed by atoms with van der Waals surface area (Å²) in [7, 11) is 0. The summed E-state index contributed by atoms with van der Waals surface area (Å²) in [5.74, 6) is 4.00. The molecule has 1 heterocycles. The molecule has 0 saturated carbocycles. The maximum atomic E-state index is 11.4. The van der Waals surface area contributed by atoms with Gasteiger partial charge in [0.05, 0.1) is 0 Å². The molecule has 104 valence electrons. The molecule has 2 amide bonds. The number of hydrogen-bond donors (Lipinski definition) is 2. The molecular weight excluding hydrogens is 268 g/mol. The van der Waals surface area contributed by atoms with Crippen LogP contribution in [0.1, 0.15) is 25.7 Å². The van der Waals surface area contributed by atoms with Crippen molar-refractivity contribution in [1.82, 2.24) is 10.6 Å². The molecule has 0 unspecified atom stereocenters. The van der Waals surface area contributed by atoms with E-state index in [1.807, 2.05) is 11.8 Å². The Bertz CT molecular complexity index is 238. The van der Waals surface area contributed by atoms with E-state index in [9.17, 15) is 9.59 Å². The molecule has 1 fully saturated rings. The van der Waals surface area contributed by atoms with Gasteiger partial charge in [-0.2, -0.15) is 23.5 Å². The zero-order chi connectivity index (χ0) is 13.1. The fourth-order valence-corrected chi connectivity index (χ4v) is 3.28. The van der Waals surface area contributed by atoms with Gasteiger partial charge in [0.1, 0.15) is 0 Å². The largest absolute Gasteiger partial charge is 0.356 e. The van der Waals surface area contributed by atoms with Crippen molar-refractivity contribution in [2.45, 2.75) is 25.7 Å². The van der Waals surface area contributed by atoms with Gasteiger partial charge in [-0.15, -0.1) is 0 Å². The number of carbonyl (C=O) groups is 2. The average Bonchev–Trinajstić information content (AvgIpc) is 2.35. The van der Waals surface area contributed by atoms with E-state index in [1.54, 1.807) is 11.8 Å². The third-order valence-electron chi connectivity index (χ3n) is 2.52. The summed E-state index contributed by atoms with van der Waals surface area (Å²) in [6, 6.07) is 0. The van der Waals surface area contributed by atoms with Gasteiger partial charge >= 0.3 is 0 Å². The van der Waals surface area contributed by atoms with Crippen LogP contribution in [0.3, 0.4) is 0 Å². The van der Waals surface area contributed by atoms with Gasteiger partial charge in [0.25, 0.3) is 0 Å². The van der Waals surface area contributed by atoms with E-state index in [1.165, 1.54) is 0 Å². The molecule has 0 aromatic rings. The van der Waals surface area contributed by atoms with Crippen LogP contribution in [0.15, 0.2) is 0 Å². The predicted octanol–water partition coefficient (Wildman–Crippen LogP) is 1.26. The van der Waals surface area contributed by atoms with Crippen molar-refractivity contribution in [1.29, 1.82) is 0 Å². The SMILES string of the molecule is O=C1CCSCCC(=O)NCCCSCCCN1. The predicted molar refractivity (Wildman–Crippen MR) is 79.1 cm³/mol. The van der Waals surface area contributed by atoms with Gasteiger partial charge in [0.15, 0.2) is 0 Å². The first-order chi connectivity index (χ1) is 8.79. The standard InChI is InChI=1S/C12H22N2O2S2/c15-11-3-9-18-10-4-12(16)14-6-2-8-17-7-1-5-13-11/h1-10H2,(H,13,15)(H,14,16). The molecule has 18 heavy (non-hydrogen) atoms. The van der Waals surface area contributed by atoms with Crippen LogP contribution in [0.25, 0.3) is 0 Å². The quantitative estimate of drug-likeness (QED) is 0.705. The molecule has 0 aromatic heterocycles.